The molecule has 0 bridgehead atoms. The van der Waals surface area contributed by atoms with Crippen LogP contribution in [0.5, 0.6) is 5.75 Å². The van der Waals surface area contributed by atoms with Gasteiger partial charge < -0.3 is 10.5 Å². The third-order valence-corrected chi connectivity index (χ3v) is 4.29. The van der Waals surface area contributed by atoms with Gasteiger partial charge in [-0.1, -0.05) is 48.0 Å². The summed E-state index contributed by atoms with van der Waals surface area (Å²) in [6.45, 7) is 0.522. The lowest BCUT2D eigenvalue weighted by Crippen LogP contribution is -2.43. The van der Waals surface area contributed by atoms with Crippen LogP contribution < -0.4 is 10.5 Å². The molecule has 0 radical (unpaired) electrons. The Bertz CT molecular complexity index is 593. The van der Waals surface area contributed by atoms with Crippen molar-refractivity contribution in [1.29, 1.82) is 0 Å². The molecule has 20 heavy (non-hydrogen) atoms. The molecule has 0 spiro atoms. The van der Waals surface area contributed by atoms with E-state index in [9.17, 15) is 0 Å². The number of hydrogen-bond acceptors (Lipinski definition) is 2. The van der Waals surface area contributed by atoms with Gasteiger partial charge in [-0.25, -0.2) is 0 Å². The summed E-state index contributed by atoms with van der Waals surface area (Å²) < 4.78 is 5.77. The van der Waals surface area contributed by atoms with Crippen LogP contribution in [0.2, 0.25) is 5.02 Å². The quantitative estimate of drug-likeness (QED) is 0.912. The summed E-state index contributed by atoms with van der Waals surface area (Å²) in [5, 5.41) is 0.634. The summed E-state index contributed by atoms with van der Waals surface area (Å²) in [6, 6.07) is 16.0. The first-order valence-electron chi connectivity index (χ1n) is 6.93. The van der Waals surface area contributed by atoms with Crippen LogP contribution in [-0.2, 0) is 12.1 Å². The number of halogens is 1. The monoisotopic (exact) mass is 287 g/mol. The highest BCUT2D eigenvalue weighted by atomic mass is 35.5. The number of nitrogens with two attached hydrogens (primary N) is 1. The SMILES string of the molecule is NC1(c2ccc(OCc3ccccc3)c(Cl)c2)CCC1. The Balaban J connectivity index is 1.71. The number of rotatable bonds is 4. The van der Waals surface area contributed by atoms with Crippen LogP contribution >= 0.6 is 11.6 Å². The van der Waals surface area contributed by atoms with Gasteiger partial charge in [0.15, 0.2) is 0 Å². The van der Waals surface area contributed by atoms with Crippen molar-refractivity contribution in [2.24, 2.45) is 5.73 Å². The van der Waals surface area contributed by atoms with Gasteiger partial charge in [0.1, 0.15) is 12.4 Å². The Labute approximate surface area is 124 Å². The fourth-order valence-corrected chi connectivity index (χ4v) is 2.74. The molecule has 1 aliphatic carbocycles. The average Bonchev–Trinajstić information content (AvgIpc) is 2.44. The van der Waals surface area contributed by atoms with Gasteiger partial charge in [0.05, 0.1) is 5.02 Å². The van der Waals surface area contributed by atoms with E-state index in [0.717, 1.165) is 24.0 Å². The third kappa shape index (κ3) is 2.67. The summed E-state index contributed by atoms with van der Waals surface area (Å²) in [5.74, 6) is 0.710. The predicted molar refractivity (Wildman–Crippen MR) is 81.9 cm³/mol. The average molecular weight is 288 g/mol. The molecule has 3 rings (SSSR count). The minimum absolute atomic E-state index is 0.179. The lowest BCUT2D eigenvalue weighted by molar-refractivity contribution is 0.253. The van der Waals surface area contributed by atoms with E-state index in [1.54, 1.807) is 0 Å². The molecule has 104 valence electrons. The zero-order valence-corrected chi connectivity index (χ0v) is 12.1. The molecule has 2 nitrogen and oxygen atoms in total. The van der Waals surface area contributed by atoms with Crippen molar-refractivity contribution in [3.05, 3.63) is 64.7 Å². The number of benzene rings is 2. The minimum Gasteiger partial charge on any atom is -0.487 e. The van der Waals surface area contributed by atoms with Crippen molar-refractivity contribution in [2.45, 2.75) is 31.4 Å². The molecule has 0 amide bonds. The molecule has 0 aromatic heterocycles. The molecular weight excluding hydrogens is 270 g/mol. The fraction of sp³-hybridized carbons (Fsp3) is 0.294. The van der Waals surface area contributed by atoms with E-state index < -0.39 is 0 Å². The highest BCUT2D eigenvalue weighted by Crippen LogP contribution is 2.40. The second-order valence-corrected chi connectivity index (χ2v) is 5.84. The van der Waals surface area contributed by atoms with Crippen molar-refractivity contribution in [1.82, 2.24) is 0 Å². The summed E-state index contributed by atoms with van der Waals surface area (Å²) in [7, 11) is 0. The lowest BCUT2D eigenvalue weighted by Gasteiger charge is -2.38. The van der Waals surface area contributed by atoms with Crippen LogP contribution in [0.3, 0.4) is 0 Å². The maximum absolute atomic E-state index is 6.31. The molecule has 1 aliphatic rings. The first-order chi connectivity index (χ1) is 9.67. The predicted octanol–water partition coefficient (Wildman–Crippen LogP) is 4.26. The molecule has 1 fully saturated rings. The van der Waals surface area contributed by atoms with Crippen LogP contribution in [0, 0.1) is 0 Å². The Kier molecular flexibility index (Phi) is 3.68. The highest BCUT2D eigenvalue weighted by molar-refractivity contribution is 6.32. The Hall–Kier alpha value is -1.51. The molecule has 2 N–H and O–H groups in total. The summed E-state index contributed by atoms with van der Waals surface area (Å²) in [4.78, 5) is 0. The lowest BCUT2D eigenvalue weighted by atomic mass is 9.73. The largest absolute Gasteiger partial charge is 0.487 e. The van der Waals surface area contributed by atoms with Crippen molar-refractivity contribution >= 4 is 11.6 Å². The summed E-state index contributed by atoms with van der Waals surface area (Å²) in [5.41, 5.74) is 8.37. The van der Waals surface area contributed by atoms with Gasteiger partial charge in [0.2, 0.25) is 0 Å². The van der Waals surface area contributed by atoms with Crippen LogP contribution in [0.1, 0.15) is 30.4 Å². The Morgan fingerprint density at radius 1 is 1.10 bits per heavy atom. The molecule has 2 aromatic carbocycles. The van der Waals surface area contributed by atoms with Gasteiger partial charge in [0.25, 0.3) is 0 Å². The minimum atomic E-state index is -0.179. The van der Waals surface area contributed by atoms with Gasteiger partial charge in [0, 0.05) is 5.54 Å². The Morgan fingerprint density at radius 3 is 2.45 bits per heavy atom. The fourth-order valence-electron chi connectivity index (χ4n) is 2.51. The molecule has 3 heteroatoms. The van der Waals surface area contributed by atoms with Gasteiger partial charge in [-0.05, 0) is 42.5 Å². The van der Waals surface area contributed by atoms with Crippen molar-refractivity contribution in [2.75, 3.05) is 0 Å². The number of hydrogen-bond donors (Lipinski definition) is 1. The van der Waals surface area contributed by atoms with E-state index in [1.807, 2.05) is 48.5 Å². The molecule has 0 aliphatic heterocycles. The molecular formula is C17H18ClNO. The maximum Gasteiger partial charge on any atom is 0.138 e. The Morgan fingerprint density at radius 2 is 1.85 bits per heavy atom. The van der Waals surface area contributed by atoms with E-state index in [1.165, 1.54) is 6.42 Å². The summed E-state index contributed by atoms with van der Waals surface area (Å²) >= 11 is 6.30. The zero-order valence-electron chi connectivity index (χ0n) is 11.3. The second kappa shape index (κ2) is 5.47. The molecule has 0 atom stereocenters. The van der Waals surface area contributed by atoms with E-state index in [0.29, 0.717) is 17.4 Å². The van der Waals surface area contributed by atoms with E-state index in [2.05, 4.69) is 0 Å². The topological polar surface area (TPSA) is 35.2 Å². The standard InChI is InChI=1S/C17H18ClNO/c18-15-11-14(17(19)9-4-10-17)7-8-16(15)20-12-13-5-2-1-3-6-13/h1-3,5-8,11H,4,9-10,12,19H2. The zero-order chi connectivity index (χ0) is 14.0. The van der Waals surface area contributed by atoms with Crippen LogP contribution in [-0.4, -0.2) is 0 Å². The normalized spacial score (nSPS) is 16.5. The van der Waals surface area contributed by atoms with Crippen LogP contribution in [0.25, 0.3) is 0 Å². The smallest absolute Gasteiger partial charge is 0.138 e. The summed E-state index contributed by atoms with van der Waals surface area (Å²) in [6.07, 6.45) is 3.27. The van der Waals surface area contributed by atoms with Gasteiger partial charge in [-0.15, -0.1) is 0 Å². The molecule has 0 saturated heterocycles. The van der Waals surface area contributed by atoms with Crippen molar-refractivity contribution < 1.29 is 4.74 Å². The van der Waals surface area contributed by atoms with Gasteiger partial charge in [-0.2, -0.15) is 0 Å². The molecule has 0 heterocycles. The third-order valence-electron chi connectivity index (χ3n) is 3.99. The van der Waals surface area contributed by atoms with Crippen molar-refractivity contribution in [3.63, 3.8) is 0 Å². The molecule has 1 saturated carbocycles. The van der Waals surface area contributed by atoms with Gasteiger partial charge in [-0.3, -0.25) is 0 Å². The first-order valence-corrected chi connectivity index (χ1v) is 7.31. The maximum atomic E-state index is 6.31. The number of ether oxygens (including phenoxy) is 1. The van der Waals surface area contributed by atoms with Crippen LogP contribution in [0.4, 0.5) is 0 Å². The van der Waals surface area contributed by atoms with Crippen LogP contribution in [0.15, 0.2) is 48.5 Å². The second-order valence-electron chi connectivity index (χ2n) is 5.43. The van der Waals surface area contributed by atoms with Crippen molar-refractivity contribution in [3.8, 4) is 5.75 Å². The first kappa shape index (κ1) is 13.5. The van der Waals surface area contributed by atoms with E-state index in [4.69, 9.17) is 22.1 Å². The molecule has 2 aromatic rings. The molecule has 0 unspecified atom stereocenters. The van der Waals surface area contributed by atoms with E-state index >= 15 is 0 Å². The van der Waals surface area contributed by atoms with E-state index in [-0.39, 0.29) is 5.54 Å². The highest BCUT2D eigenvalue weighted by Gasteiger charge is 2.34. The van der Waals surface area contributed by atoms with Gasteiger partial charge >= 0.3 is 0 Å².